The average molecular weight is 178 g/mol. The summed E-state index contributed by atoms with van der Waals surface area (Å²) < 4.78 is 0. The highest BCUT2D eigenvalue weighted by Crippen LogP contribution is 2.28. The highest BCUT2D eigenvalue weighted by atomic mass is 15.2. The average Bonchev–Trinajstić information content (AvgIpc) is 2.42. The Morgan fingerprint density at radius 3 is 2.85 bits per heavy atom. The van der Waals surface area contributed by atoms with Crippen LogP contribution in [0.1, 0.15) is 33.6 Å². The first-order valence-corrected chi connectivity index (χ1v) is 5.16. The van der Waals surface area contributed by atoms with Crippen LogP contribution in [0.2, 0.25) is 0 Å². The van der Waals surface area contributed by atoms with Crippen molar-refractivity contribution in [2.75, 3.05) is 13.1 Å². The predicted molar refractivity (Wildman–Crippen MR) is 56.1 cm³/mol. The van der Waals surface area contributed by atoms with E-state index in [-0.39, 0.29) is 0 Å². The minimum Gasteiger partial charge on any atom is -0.297 e. The summed E-state index contributed by atoms with van der Waals surface area (Å²) in [5.74, 6) is 0. The smallest absolute Gasteiger partial charge is 0.0424 e. The maximum absolute atomic E-state index is 4.57. The van der Waals surface area contributed by atoms with Gasteiger partial charge >= 0.3 is 0 Å². The Kier molecular flexibility index (Phi) is 2.24. The summed E-state index contributed by atoms with van der Waals surface area (Å²) in [4.78, 5) is 7.11. The molecule has 0 bridgehead atoms. The van der Waals surface area contributed by atoms with Crippen molar-refractivity contribution in [2.45, 2.75) is 39.7 Å². The van der Waals surface area contributed by atoms with Crippen molar-refractivity contribution in [2.24, 2.45) is 4.99 Å². The van der Waals surface area contributed by atoms with Crippen LogP contribution in [0.3, 0.4) is 0 Å². The molecule has 2 heteroatoms. The van der Waals surface area contributed by atoms with Crippen molar-refractivity contribution in [3.05, 3.63) is 11.3 Å². The lowest BCUT2D eigenvalue weighted by Gasteiger charge is -2.30. The maximum Gasteiger partial charge on any atom is 0.0424 e. The summed E-state index contributed by atoms with van der Waals surface area (Å²) in [6.45, 7) is 9.02. The second kappa shape index (κ2) is 3.26. The first-order valence-electron chi connectivity index (χ1n) is 5.16. The van der Waals surface area contributed by atoms with E-state index < -0.39 is 0 Å². The number of hydrogen-bond donors (Lipinski definition) is 0. The predicted octanol–water partition coefficient (Wildman–Crippen LogP) is 2.22. The molecule has 2 nitrogen and oxygen atoms in total. The van der Waals surface area contributed by atoms with Crippen LogP contribution in [0.4, 0.5) is 0 Å². The van der Waals surface area contributed by atoms with Crippen molar-refractivity contribution in [1.29, 1.82) is 0 Å². The molecule has 72 valence electrons. The molecule has 0 saturated carbocycles. The van der Waals surface area contributed by atoms with Gasteiger partial charge in [0.15, 0.2) is 0 Å². The zero-order valence-corrected chi connectivity index (χ0v) is 8.80. The molecule has 0 unspecified atom stereocenters. The van der Waals surface area contributed by atoms with Gasteiger partial charge in [-0.15, -0.1) is 0 Å². The molecule has 0 N–H and O–H groups in total. The van der Waals surface area contributed by atoms with Gasteiger partial charge in [-0.3, -0.25) is 9.89 Å². The molecule has 0 spiro atoms. The van der Waals surface area contributed by atoms with Crippen LogP contribution in [0.5, 0.6) is 0 Å². The molecule has 2 aliphatic heterocycles. The second-order valence-electron chi connectivity index (χ2n) is 4.39. The van der Waals surface area contributed by atoms with Gasteiger partial charge in [0.1, 0.15) is 0 Å². The van der Waals surface area contributed by atoms with Crippen LogP contribution in [0.25, 0.3) is 0 Å². The molecule has 0 aromatic rings. The van der Waals surface area contributed by atoms with Crippen molar-refractivity contribution in [3.8, 4) is 0 Å². The molecule has 2 rings (SSSR count). The van der Waals surface area contributed by atoms with Crippen molar-refractivity contribution < 1.29 is 0 Å². The zero-order chi connectivity index (χ0) is 9.42. The van der Waals surface area contributed by atoms with E-state index in [9.17, 15) is 0 Å². The van der Waals surface area contributed by atoms with Crippen molar-refractivity contribution >= 4 is 5.71 Å². The van der Waals surface area contributed by atoms with Crippen LogP contribution in [-0.4, -0.2) is 29.7 Å². The van der Waals surface area contributed by atoms with Crippen molar-refractivity contribution in [3.63, 3.8) is 0 Å². The standard InChI is InChI=1S/C11H18N2/c1-8(2)13-5-4-11-10(7-13)6-9(3)12-11/h8H,4-7H2,1-3H3. The lowest BCUT2D eigenvalue weighted by molar-refractivity contribution is 0.231. The molecule has 0 aliphatic carbocycles. The van der Waals surface area contributed by atoms with Gasteiger partial charge in [0.05, 0.1) is 0 Å². The molecule has 0 radical (unpaired) electrons. The van der Waals surface area contributed by atoms with E-state index in [0.29, 0.717) is 6.04 Å². The quantitative estimate of drug-likeness (QED) is 0.601. The molecule has 0 saturated heterocycles. The van der Waals surface area contributed by atoms with Crippen molar-refractivity contribution in [1.82, 2.24) is 4.90 Å². The highest BCUT2D eigenvalue weighted by Gasteiger charge is 2.23. The molecule has 2 heterocycles. The van der Waals surface area contributed by atoms with Gasteiger partial charge in [-0.05, 0) is 26.3 Å². The fraction of sp³-hybridized carbons (Fsp3) is 0.727. The summed E-state index contributed by atoms with van der Waals surface area (Å²) in [7, 11) is 0. The van der Waals surface area contributed by atoms with Gasteiger partial charge in [0.25, 0.3) is 0 Å². The molecule has 13 heavy (non-hydrogen) atoms. The molecule has 0 aromatic carbocycles. The Hall–Kier alpha value is -0.630. The minimum atomic E-state index is 0.676. The second-order valence-corrected chi connectivity index (χ2v) is 4.39. The first kappa shape index (κ1) is 8.95. The first-order chi connectivity index (χ1) is 6.16. The maximum atomic E-state index is 4.57. The fourth-order valence-electron chi connectivity index (χ4n) is 2.15. The van der Waals surface area contributed by atoms with E-state index in [2.05, 4.69) is 30.7 Å². The molecule has 0 fully saturated rings. The number of hydrogen-bond acceptors (Lipinski definition) is 2. The van der Waals surface area contributed by atoms with Crippen LogP contribution in [-0.2, 0) is 0 Å². The van der Waals surface area contributed by atoms with Crippen LogP contribution in [0.15, 0.2) is 16.3 Å². The van der Waals surface area contributed by atoms with Gasteiger partial charge in [-0.2, -0.15) is 0 Å². The molecular formula is C11H18N2. The monoisotopic (exact) mass is 178 g/mol. The third kappa shape index (κ3) is 1.68. The SMILES string of the molecule is CC1=NC2=C(C1)CN(C(C)C)CC2. The summed E-state index contributed by atoms with van der Waals surface area (Å²) in [6, 6.07) is 0.676. The Morgan fingerprint density at radius 1 is 1.38 bits per heavy atom. The summed E-state index contributed by atoms with van der Waals surface area (Å²) in [5.41, 5.74) is 4.25. The van der Waals surface area contributed by atoms with E-state index in [1.807, 2.05) is 0 Å². The van der Waals surface area contributed by atoms with E-state index in [0.717, 1.165) is 19.4 Å². The third-order valence-corrected chi connectivity index (χ3v) is 2.96. The fourth-order valence-corrected chi connectivity index (χ4v) is 2.15. The summed E-state index contributed by atoms with van der Waals surface area (Å²) in [5, 5.41) is 0. The Labute approximate surface area is 80.3 Å². The van der Waals surface area contributed by atoms with Crippen LogP contribution >= 0.6 is 0 Å². The van der Waals surface area contributed by atoms with Gasteiger partial charge in [-0.1, -0.05) is 0 Å². The Balaban J connectivity index is 2.07. The number of nitrogens with zero attached hydrogens (tertiary/aromatic N) is 2. The third-order valence-electron chi connectivity index (χ3n) is 2.96. The van der Waals surface area contributed by atoms with Gasteiger partial charge in [-0.25, -0.2) is 0 Å². The van der Waals surface area contributed by atoms with Gasteiger partial charge in [0.2, 0.25) is 0 Å². The normalized spacial score (nSPS) is 23.8. The molecule has 0 atom stereocenters. The summed E-state index contributed by atoms with van der Waals surface area (Å²) >= 11 is 0. The number of aliphatic imine (C=N–C) groups is 1. The zero-order valence-electron chi connectivity index (χ0n) is 8.80. The van der Waals surface area contributed by atoms with Crippen LogP contribution < -0.4 is 0 Å². The minimum absolute atomic E-state index is 0.676. The number of rotatable bonds is 1. The van der Waals surface area contributed by atoms with Gasteiger partial charge < -0.3 is 0 Å². The Bertz CT molecular complexity index is 274. The van der Waals surface area contributed by atoms with E-state index in [1.165, 1.54) is 18.0 Å². The molecule has 0 amide bonds. The topological polar surface area (TPSA) is 15.6 Å². The van der Waals surface area contributed by atoms with E-state index >= 15 is 0 Å². The summed E-state index contributed by atoms with van der Waals surface area (Å²) in [6.07, 6.45) is 2.28. The lowest BCUT2D eigenvalue weighted by Crippen LogP contribution is -2.36. The molecule has 0 aromatic heterocycles. The highest BCUT2D eigenvalue weighted by molar-refractivity contribution is 5.88. The molecular weight excluding hydrogens is 160 g/mol. The van der Waals surface area contributed by atoms with Crippen LogP contribution in [0, 0.1) is 0 Å². The Morgan fingerprint density at radius 2 is 2.15 bits per heavy atom. The lowest BCUT2D eigenvalue weighted by atomic mass is 10.0. The molecule has 2 aliphatic rings. The van der Waals surface area contributed by atoms with E-state index in [4.69, 9.17) is 0 Å². The van der Waals surface area contributed by atoms with E-state index in [1.54, 1.807) is 5.57 Å². The largest absolute Gasteiger partial charge is 0.297 e. The van der Waals surface area contributed by atoms with Gasteiger partial charge in [0, 0.05) is 43.4 Å².